The summed E-state index contributed by atoms with van der Waals surface area (Å²) in [6.07, 6.45) is 0. The van der Waals surface area contributed by atoms with Gasteiger partial charge in [0.25, 0.3) is 0 Å². The van der Waals surface area contributed by atoms with E-state index < -0.39 is 8.80 Å². The Morgan fingerprint density at radius 3 is 2.10 bits per heavy atom. The molecule has 50 valence electrons. The van der Waals surface area contributed by atoms with Gasteiger partial charge < -0.3 is 8.19 Å². The smallest absolute Gasteiger partial charge is 0.455 e. The van der Waals surface area contributed by atoms with Crippen molar-refractivity contribution in [2.24, 2.45) is 0 Å². The van der Waals surface area contributed by atoms with Crippen LogP contribution in [0.3, 0.4) is 0 Å². The average molecular weight is 152 g/mol. The van der Waals surface area contributed by atoms with Crippen molar-refractivity contribution in [2.45, 2.75) is 0 Å². The van der Waals surface area contributed by atoms with E-state index in [1.807, 2.05) is 12.1 Å². The van der Waals surface area contributed by atoms with E-state index in [1.54, 1.807) is 12.1 Å². The van der Waals surface area contributed by atoms with Crippen LogP contribution in [0.25, 0.3) is 11.2 Å². The summed E-state index contributed by atoms with van der Waals surface area (Å²) in [5.41, 5.74) is 1.15. The van der Waals surface area contributed by atoms with E-state index in [0.29, 0.717) is 11.2 Å². The van der Waals surface area contributed by atoms with E-state index >= 15 is 0 Å². The van der Waals surface area contributed by atoms with E-state index in [0.717, 1.165) is 0 Å². The zero-order chi connectivity index (χ0) is 6.97. The van der Waals surface area contributed by atoms with Gasteiger partial charge in [0.1, 0.15) is 0 Å². The van der Waals surface area contributed by atoms with Crippen molar-refractivity contribution in [3.63, 3.8) is 0 Å². The topological polar surface area (TPSA) is 43.4 Å². The van der Waals surface area contributed by atoms with Crippen LogP contribution in [0.15, 0.2) is 32.5 Å². The molecule has 1 aromatic carbocycles. The van der Waals surface area contributed by atoms with Gasteiger partial charge in [0.2, 0.25) is 0 Å². The molecule has 0 aliphatic carbocycles. The number of benzene rings is 1. The molecule has 0 aliphatic rings. The van der Waals surface area contributed by atoms with Crippen LogP contribution in [-0.2, 0) is 4.46 Å². The Balaban J connectivity index is 3.01. The zero-order valence-electron chi connectivity index (χ0n) is 5.03. The Morgan fingerprint density at radius 1 is 1.10 bits per heavy atom. The molecule has 0 radical (unpaired) electrons. The lowest BCUT2D eigenvalue weighted by atomic mass is 10.3. The zero-order valence-corrected chi connectivity index (χ0v) is 6.03. The van der Waals surface area contributed by atoms with E-state index in [2.05, 4.69) is 0 Å². The summed E-state index contributed by atoms with van der Waals surface area (Å²) in [5, 5.41) is 0. The third-order valence-electron chi connectivity index (χ3n) is 1.24. The summed E-state index contributed by atoms with van der Waals surface area (Å²) in [6, 6.07) is 7.07. The molecule has 2 aromatic rings. The summed E-state index contributed by atoms with van der Waals surface area (Å²) in [5.74, 6) is 0. The fourth-order valence-corrected chi connectivity index (χ4v) is 1.56. The van der Waals surface area contributed by atoms with E-state index in [-0.39, 0.29) is 0 Å². The Bertz CT molecular complexity index is 364. The van der Waals surface area contributed by atoms with Crippen LogP contribution < -0.4 is 0 Å². The van der Waals surface area contributed by atoms with Gasteiger partial charge in [-0.3, -0.25) is 4.46 Å². The number of fused-ring (bicyclic) bond motifs is 1. The predicted molar refractivity (Wildman–Crippen MR) is 34.9 cm³/mol. The summed E-state index contributed by atoms with van der Waals surface area (Å²) in [4.78, 5) is 0. The summed E-state index contributed by atoms with van der Waals surface area (Å²) < 4.78 is 20.3. The van der Waals surface area contributed by atoms with Gasteiger partial charge >= 0.3 is 8.80 Å². The molecule has 10 heavy (non-hydrogen) atoms. The Labute approximate surface area is 57.7 Å². The molecule has 0 atom stereocenters. The van der Waals surface area contributed by atoms with Crippen molar-refractivity contribution in [1.82, 2.24) is 0 Å². The molecule has 0 saturated heterocycles. The number of hydrogen-bond donors (Lipinski definition) is 0. The molecule has 0 saturated carbocycles. The minimum Gasteiger partial charge on any atom is -0.455 e. The standard InChI is InChI=1S/C6H4O3Si/c7-10-8-5-3-1-2-4-6(5)9-10/h1-4H. The molecule has 0 amide bonds. The molecule has 0 N–H and O–H groups in total. The predicted octanol–water partition coefficient (Wildman–Crippen LogP) is 1.53. The summed E-state index contributed by atoms with van der Waals surface area (Å²) in [7, 11) is -2.26. The first-order valence-corrected chi connectivity index (χ1v) is 4.07. The molecular formula is C6H4O3Si. The van der Waals surface area contributed by atoms with Gasteiger partial charge in [-0.1, -0.05) is 12.1 Å². The average Bonchev–Trinajstić information content (AvgIpc) is 2.27. The second-order valence-electron chi connectivity index (χ2n) is 1.90. The number of rotatable bonds is 0. The molecule has 0 spiro atoms. The van der Waals surface area contributed by atoms with Gasteiger partial charge in [-0.05, 0) is 12.1 Å². The van der Waals surface area contributed by atoms with E-state index in [9.17, 15) is 4.46 Å². The highest BCUT2D eigenvalue weighted by Gasteiger charge is 2.01. The normalized spacial score (nSPS) is 10.4. The maximum Gasteiger partial charge on any atom is 0.778 e. The van der Waals surface area contributed by atoms with Gasteiger partial charge in [0.15, 0.2) is 11.2 Å². The van der Waals surface area contributed by atoms with E-state index in [4.69, 9.17) is 8.19 Å². The maximum absolute atomic E-state index is 10.6. The third-order valence-corrected chi connectivity index (χ3v) is 2.01. The molecule has 0 bridgehead atoms. The van der Waals surface area contributed by atoms with Crippen LogP contribution in [0.5, 0.6) is 0 Å². The van der Waals surface area contributed by atoms with Crippen molar-refractivity contribution in [1.29, 1.82) is 0 Å². The fraction of sp³-hybridized carbons (Fsp3) is 0. The summed E-state index contributed by atoms with van der Waals surface area (Å²) >= 11 is 0. The van der Waals surface area contributed by atoms with Crippen molar-refractivity contribution in [3.05, 3.63) is 24.3 Å². The molecule has 1 aromatic heterocycles. The second-order valence-corrected chi connectivity index (χ2v) is 2.81. The largest absolute Gasteiger partial charge is 0.778 e. The SMILES string of the molecule is O=[si]1oc2ccccc2o1. The van der Waals surface area contributed by atoms with E-state index in [1.165, 1.54) is 0 Å². The first-order chi connectivity index (χ1) is 4.86. The Hall–Kier alpha value is -1.16. The van der Waals surface area contributed by atoms with Crippen LogP contribution in [0.4, 0.5) is 0 Å². The minimum atomic E-state index is -2.26. The lowest BCUT2D eigenvalue weighted by molar-refractivity contribution is 0.476. The number of para-hydroxylation sites is 2. The summed E-state index contributed by atoms with van der Waals surface area (Å²) in [6.45, 7) is 0. The monoisotopic (exact) mass is 152 g/mol. The van der Waals surface area contributed by atoms with Crippen molar-refractivity contribution in [3.8, 4) is 0 Å². The van der Waals surface area contributed by atoms with Crippen molar-refractivity contribution < 1.29 is 12.7 Å². The lowest BCUT2D eigenvalue weighted by Crippen LogP contribution is -1.61. The van der Waals surface area contributed by atoms with Crippen molar-refractivity contribution >= 4 is 20.0 Å². The third kappa shape index (κ3) is 0.732. The Morgan fingerprint density at radius 2 is 1.60 bits per heavy atom. The lowest BCUT2D eigenvalue weighted by Gasteiger charge is -1.79. The molecule has 4 heteroatoms. The first-order valence-electron chi connectivity index (χ1n) is 2.85. The first kappa shape index (κ1) is 5.61. The highest BCUT2D eigenvalue weighted by Crippen LogP contribution is 2.10. The highest BCUT2D eigenvalue weighted by atomic mass is 28.2. The molecule has 2 rings (SSSR count). The quantitative estimate of drug-likeness (QED) is 0.537. The number of hydrogen-bond acceptors (Lipinski definition) is 3. The molecular weight excluding hydrogens is 148 g/mol. The maximum atomic E-state index is 10.6. The van der Waals surface area contributed by atoms with Gasteiger partial charge in [-0.15, -0.1) is 0 Å². The molecule has 0 fully saturated rings. The molecule has 0 aliphatic heterocycles. The van der Waals surface area contributed by atoms with Crippen LogP contribution >= 0.6 is 0 Å². The molecule has 0 unspecified atom stereocenters. The van der Waals surface area contributed by atoms with Gasteiger partial charge in [-0.25, -0.2) is 0 Å². The molecule has 1 heterocycles. The van der Waals surface area contributed by atoms with Crippen LogP contribution in [-0.4, -0.2) is 8.80 Å². The minimum absolute atomic E-state index is 0.575. The van der Waals surface area contributed by atoms with Crippen LogP contribution in [0.1, 0.15) is 0 Å². The molecule has 3 nitrogen and oxygen atoms in total. The van der Waals surface area contributed by atoms with Gasteiger partial charge in [0, 0.05) is 0 Å². The van der Waals surface area contributed by atoms with Gasteiger partial charge in [0.05, 0.1) is 0 Å². The Kier molecular flexibility index (Phi) is 1.07. The second kappa shape index (κ2) is 1.91. The van der Waals surface area contributed by atoms with Gasteiger partial charge in [-0.2, -0.15) is 0 Å². The highest BCUT2D eigenvalue weighted by molar-refractivity contribution is 6.17. The van der Waals surface area contributed by atoms with Crippen LogP contribution in [0, 0.1) is 0 Å². The fourth-order valence-electron chi connectivity index (χ4n) is 0.819. The van der Waals surface area contributed by atoms with Crippen LogP contribution in [0.2, 0.25) is 0 Å². The van der Waals surface area contributed by atoms with Crippen molar-refractivity contribution in [2.75, 3.05) is 0 Å².